The van der Waals surface area contributed by atoms with E-state index in [-0.39, 0.29) is 5.78 Å². The molecule has 26 heavy (non-hydrogen) atoms. The molecule has 1 aromatic carbocycles. The monoisotopic (exact) mass is 388 g/mol. The van der Waals surface area contributed by atoms with Gasteiger partial charge in [0.2, 0.25) is 0 Å². The van der Waals surface area contributed by atoms with Gasteiger partial charge in [-0.15, -0.1) is 10.2 Å². The molecule has 0 amide bonds. The largest absolute Gasteiger partial charge is 0.349 e. The van der Waals surface area contributed by atoms with Crippen molar-refractivity contribution in [3.63, 3.8) is 0 Å². The van der Waals surface area contributed by atoms with Gasteiger partial charge in [0, 0.05) is 41.1 Å². The van der Waals surface area contributed by atoms with Crippen molar-refractivity contribution in [2.75, 3.05) is 5.75 Å². The lowest BCUT2D eigenvalue weighted by atomic mass is 10.2. The van der Waals surface area contributed by atoms with Gasteiger partial charge in [-0.3, -0.25) is 4.79 Å². The van der Waals surface area contributed by atoms with Crippen LogP contribution in [-0.2, 0) is 13.6 Å². The molecule has 0 N–H and O–H groups in total. The first-order valence-electron chi connectivity index (χ1n) is 8.40. The van der Waals surface area contributed by atoms with E-state index in [4.69, 9.17) is 11.6 Å². The Labute approximate surface area is 162 Å². The summed E-state index contributed by atoms with van der Waals surface area (Å²) in [5.41, 5.74) is 3.86. The van der Waals surface area contributed by atoms with Crippen molar-refractivity contribution in [2.45, 2.75) is 32.5 Å². The molecule has 0 aliphatic rings. The van der Waals surface area contributed by atoms with Gasteiger partial charge in [0.1, 0.15) is 0 Å². The molecule has 0 saturated carbocycles. The summed E-state index contributed by atoms with van der Waals surface area (Å²) >= 11 is 7.34. The summed E-state index contributed by atoms with van der Waals surface area (Å²) in [4.78, 5) is 12.6. The third-order valence-corrected chi connectivity index (χ3v) is 5.73. The van der Waals surface area contributed by atoms with Crippen molar-refractivity contribution in [1.82, 2.24) is 19.3 Å². The van der Waals surface area contributed by atoms with Crippen LogP contribution in [0.5, 0.6) is 0 Å². The highest BCUT2D eigenvalue weighted by Gasteiger charge is 2.17. The Morgan fingerprint density at radius 2 is 1.88 bits per heavy atom. The van der Waals surface area contributed by atoms with Gasteiger partial charge in [-0.2, -0.15) is 0 Å². The Kier molecular flexibility index (Phi) is 5.53. The van der Waals surface area contributed by atoms with Crippen molar-refractivity contribution in [3.05, 3.63) is 52.3 Å². The van der Waals surface area contributed by atoms with Gasteiger partial charge >= 0.3 is 0 Å². The van der Waals surface area contributed by atoms with Crippen LogP contribution in [0.3, 0.4) is 0 Å². The van der Waals surface area contributed by atoms with Gasteiger partial charge in [0.05, 0.1) is 5.75 Å². The average molecular weight is 389 g/mol. The fourth-order valence-electron chi connectivity index (χ4n) is 3.07. The van der Waals surface area contributed by atoms with Gasteiger partial charge < -0.3 is 9.13 Å². The Morgan fingerprint density at radius 1 is 1.19 bits per heavy atom. The van der Waals surface area contributed by atoms with Crippen LogP contribution >= 0.6 is 23.4 Å². The molecular weight excluding hydrogens is 368 g/mol. The number of nitrogens with zero attached hydrogens (tertiary/aromatic N) is 4. The lowest BCUT2D eigenvalue weighted by Gasteiger charge is -2.06. The Hall–Kier alpha value is -2.05. The highest BCUT2D eigenvalue weighted by Crippen LogP contribution is 2.25. The van der Waals surface area contributed by atoms with Crippen molar-refractivity contribution >= 4 is 29.1 Å². The molecule has 0 radical (unpaired) electrons. The van der Waals surface area contributed by atoms with Crippen molar-refractivity contribution in [1.29, 1.82) is 0 Å². The predicted molar refractivity (Wildman–Crippen MR) is 106 cm³/mol. The molecule has 2 aromatic heterocycles. The minimum absolute atomic E-state index is 0.110. The predicted octanol–water partition coefficient (Wildman–Crippen LogP) is 4.55. The van der Waals surface area contributed by atoms with Gasteiger partial charge in [-0.25, -0.2) is 0 Å². The summed E-state index contributed by atoms with van der Waals surface area (Å²) in [7, 11) is 1.90. The van der Waals surface area contributed by atoms with Crippen LogP contribution < -0.4 is 0 Å². The molecule has 0 bridgehead atoms. The summed E-state index contributed by atoms with van der Waals surface area (Å²) in [6.07, 6.45) is 0. The van der Waals surface area contributed by atoms with E-state index in [0.29, 0.717) is 15.9 Å². The highest BCUT2D eigenvalue weighted by atomic mass is 35.5. The molecule has 0 atom stereocenters. The number of thioether (sulfide) groups is 1. The fourth-order valence-corrected chi connectivity index (χ4v) is 3.99. The number of rotatable bonds is 6. The summed E-state index contributed by atoms with van der Waals surface area (Å²) in [6, 6.07) is 9.44. The summed E-state index contributed by atoms with van der Waals surface area (Å²) < 4.78 is 4.05. The van der Waals surface area contributed by atoms with Crippen LogP contribution in [0.25, 0.3) is 11.4 Å². The minimum atomic E-state index is 0.110. The molecule has 2 heterocycles. The van der Waals surface area contributed by atoms with E-state index >= 15 is 0 Å². The molecule has 0 saturated heterocycles. The smallest absolute Gasteiger partial charge is 0.191 e. The van der Waals surface area contributed by atoms with Gasteiger partial charge in [0.25, 0.3) is 0 Å². The molecule has 7 heteroatoms. The lowest BCUT2D eigenvalue weighted by Crippen LogP contribution is -2.06. The van der Waals surface area contributed by atoms with E-state index in [1.807, 2.05) is 55.8 Å². The molecule has 3 rings (SSSR count). The minimum Gasteiger partial charge on any atom is -0.349 e. The number of aryl methyl sites for hydroxylation is 1. The van der Waals surface area contributed by atoms with E-state index in [9.17, 15) is 4.79 Å². The number of carbonyl (C=O) groups excluding carboxylic acids is 1. The first-order chi connectivity index (χ1) is 12.4. The standard InChI is InChI=1S/C19H21ClN4OS/c1-5-24-12(2)10-16(13(24)3)17(25)11-26-19-22-21-18(23(19)4)14-6-8-15(20)9-7-14/h6-10H,5,11H2,1-4H3. The number of Topliss-reactive ketones (excluding diaryl/α,β-unsaturated/α-hetero) is 1. The van der Waals surface area contributed by atoms with E-state index in [1.54, 1.807) is 0 Å². The van der Waals surface area contributed by atoms with Crippen LogP contribution in [0.15, 0.2) is 35.5 Å². The number of halogens is 1. The van der Waals surface area contributed by atoms with Crippen LogP contribution in [0, 0.1) is 13.8 Å². The second-order valence-corrected chi connectivity index (χ2v) is 7.49. The van der Waals surface area contributed by atoms with E-state index in [0.717, 1.165) is 34.9 Å². The number of aromatic nitrogens is 4. The molecule has 0 unspecified atom stereocenters. The van der Waals surface area contributed by atoms with Gasteiger partial charge in [0.15, 0.2) is 16.8 Å². The van der Waals surface area contributed by atoms with Crippen LogP contribution in [0.1, 0.15) is 28.7 Å². The lowest BCUT2D eigenvalue weighted by molar-refractivity contribution is 0.102. The zero-order valence-electron chi connectivity index (χ0n) is 15.3. The second kappa shape index (κ2) is 7.68. The topological polar surface area (TPSA) is 52.7 Å². The van der Waals surface area contributed by atoms with Crippen molar-refractivity contribution < 1.29 is 4.79 Å². The normalized spacial score (nSPS) is 11.1. The van der Waals surface area contributed by atoms with Crippen LogP contribution in [0.4, 0.5) is 0 Å². The third-order valence-electron chi connectivity index (χ3n) is 4.46. The summed E-state index contributed by atoms with van der Waals surface area (Å²) in [5.74, 6) is 1.19. The zero-order chi connectivity index (χ0) is 18.8. The number of benzene rings is 1. The SMILES string of the molecule is CCn1c(C)cc(C(=O)CSc2nnc(-c3ccc(Cl)cc3)n2C)c1C. The number of carbonyl (C=O) groups is 1. The second-order valence-electron chi connectivity index (χ2n) is 6.11. The van der Waals surface area contributed by atoms with E-state index in [1.165, 1.54) is 11.8 Å². The van der Waals surface area contributed by atoms with E-state index < -0.39 is 0 Å². The maximum Gasteiger partial charge on any atom is 0.191 e. The maximum atomic E-state index is 12.6. The van der Waals surface area contributed by atoms with Gasteiger partial charge in [-0.1, -0.05) is 23.4 Å². The number of ketones is 1. The molecular formula is C19H21ClN4OS. The highest BCUT2D eigenvalue weighted by molar-refractivity contribution is 7.99. The van der Waals surface area contributed by atoms with Crippen molar-refractivity contribution in [2.24, 2.45) is 7.05 Å². The summed E-state index contributed by atoms with van der Waals surface area (Å²) in [5, 5.41) is 9.87. The number of hydrogen-bond donors (Lipinski definition) is 0. The van der Waals surface area contributed by atoms with Crippen LogP contribution in [0.2, 0.25) is 5.02 Å². The molecule has 5 nitrogen and oxygen atoms in total. The Morgan fingerprint density at radius 3 is 2.50 bits per heavy atom. The molecule has 0 aliphatic carbocycles. The number of hydrogen-bond acceptors (Lipinski definition) is 4. The average Bonchev–Trinajstić information content (AvgIpc) is 3.13. The zero-order valence-corrected chi connectivity index (χ0v) is 16.9. The molecule has 136 valence electrons. The quantitative estimate of drug-likeness (QED) is 0.459. The summed E-state index contributed by atoms with van der Waals surface area (Å²) in [6.45, 7) is 6.98. The molecule has 3 aromatic rings. The third kappa shape index (κ3) is 3.57. The van der Waals surface area contributed by atoms with E-state index in [2.05, 4.69) is 21.7 Å². The van der Waals surface area contributed by atoms with Gasteiger partial charge in [-0.05, 0) is 51.1 Å². The Balaban J connectivity index is 1.74. The first-order valence-corrected chi connectivity index (χ1v) is 9.76. The van der Waals surface area contributed by atoms with Crippen LogP contribution in [-0.4, -0.2) is 30.9 Å². The molecule has 0 fully saturated rings. The first kappa shape index (κ1) is 18.7. The Bertz CT molecular complexity index is 943. The fraction of sp³-hybridized carbons (Fsp3) is 0.316. The van der Waals surface area contributed by atoms with Crippen molar-refractivity contribution in [3.8, 4) is 11.4 Å². The molecule has 0 aliphatic heterocycles. The maximum absolute atomic E-state index is 12.6. The molecule has 0 spiro atoms.